The van der Waals surface area contributed by atoms with Crippen LogP contribution in [0.3, 0.4) is 0 Å². The number of amides is 1. The van der Waals surface area contributed by atoms with Crippen LogP contribution in [0.4, 0.5) is 0 Å². The van der Waals surface area contributed by atoms with Gasteiger partial charge < -0.3 is 19.5 Å². The second-order valence-electron chi connectivity index (χ2n) is 6.70. The number of hydrogen-bond acceptors (Lipinski definition) is 4. The first-order valence-electron chi connectivity index (χ1n) is 9.16. The molecule has 1 N–H and O–H groups in total. The molecule has 5 heteroatoms. The van der Waals surface area contributed by atoms with Crippen molar-refractivity contribution in [2.75, 3.05) is 19.8 Å². The Morgan fingerprint density at radius 2 is 1.77 bits per heavy atom. The number of rotatable bonds is 3. The van der Waals surface area contributed by atoms with Crippen LogP contribution in [-0.2, 0) is 17.8 Å². The molecule has 0 aromatic heterocycles. The molecular formula is C21H23NO4. The summed E-state index contributed by atoms with van der Waals surface area (Å²) in [7, 11) is 0. The molecule has 2 aliphatic heterocycles. The number of ether oxygens (including phenoxy) is 3. The zero-order valence-electron chi connectivity index (χ0n) is 14.7. The second-order valence-corrected chi connectivity index (χ2v) is 6.70. The van der Waals surface area contributed by atoms with Gasteiger partial charge >= 0.3 is 0 Å². The van der Waals surface area contributed by atoms with Gasteiger partial charge in [-0.3, -0.25) is 4.79 Å². The highest BCUT2D eigenvalue weighted by molar-refractivity contribution is 5.79. The molecule has 5 nitrogen and oxygen atoms in total. The normalized spacial score (nSPS) is 18.7. The lowest BCUT2D eigenvalue weighted by Crippen LogP contribution is -2.31. The van der Waals surface area contributed by atoms with Gasteiger partial charge in [0.15, 0.2) is 11.5 Å². The quantitative estimate of drug-likeness (QED) is 0.921. The van der Waals surface area contributed by atoms with E-state index in [-0.39, 0.29) is 11.8 Å². The molecule has 0 aliphatic carbocycles. The first-order chi connectivity index (χ1) is 12.8. The molecule has 2 aromatic carbocycles. The van der Waals surface area contributed by atoms with Crippen molar-refractivity contribution in [1.29, 1.82) is 0 Å². The molecule has 0 saturated carbocycles. The van der Waals surface area contributed by atoms with Crippen LogP contribution in [0, 0.1) is 5.92 Å². The van der Waals surface area contributed by atoms with Crippen LogP contribution in [0.5, 0.6) is 17.2 Å². The molecule has 0 spiro atoms. The summed E-state index contributed by atoms with van der Waals surface area (Å²) in [6.45, 7) is 2.38. The van der Waals surface area contributed by atoms with Crippen molar-refractivity contribution in [2.24, 2.45) is 5.92 Å². The lowest BCUT2D eigenvalue weighted by atomic mass is 9.96. The van der Waals surface area contributed by atoms with E-state index in [0.29, 0.717) is 32.8 Å². The summed E-state index contributed by atoms with van der Waals surface area (Å²) < 4.78 is 17.1. The van der Waals surface area contributed by atoms with Crippen molar-refractivity contribution >= 4 is 5.91 Å². The van der Waals surface area contributed by atoms with E-state index in [2.05, 4.69) is 5.32 Å². The van der Waals surface area contributed by atoms with Gasteiger partial charge in [0.05, 0.1) is 19.8 Å². The summed E-state index contributed by atoms with van der Waals surface area (Å²) in [5.74, 6) is 2.42. The molecule has 26 heavy (non-hydrogen) atoms. The van der Waals surface area contributed by atoms with E-state index in [1.807, 2.05) is 42.5 Å². The molecule has 0 radical (unpaired) electrons. The number of nitrogens with one attached hydrogen (secondary N) is 1. The summed E-state index contributed by atoms with van der Waals surface area (Å²) >= 11 is 0. The fraction of sp³-hybridized carbons (Fsp3) is 0.381. The van der Waals surface area contributed by atoms with Gasteiger partial charge in [0.2, 0.25) is 5.91 Å². The lowest BCUT2D eigenvalue weighted by Gasteiger charge is -2.15. The van der Waals surface area contributed by atoms with E-state index in [1.165, 1.54) is 0 Å². The van der Waals surface area contributed by atoms with Crippen molar-refractivity contribution in [3.8, 4) is 17.2 Å². The maximum Gasteiger partial charge on any atom is 0.223 e. The van der Waals surface area contributed by atoms with E-state index in [1.54, 1.807) is 0 Å². The smallest absolute Gasteiger partial charge is 0.223 e. The Labute approximate surface area is 153 Å². The standard InChI is InChI=1S/C21H23NO4/c23-21(17-8-11-26-18-5-2-1-4-16(18)13-17)22-14-15-6-7-19-20(12-15)25-10-3-9-24-19/h1-2,4-7,12,17H,3,8-11,13-14H2,(H,22,23)/t17-/m0/s1. The van der Waals surface area contributed by atoms with Crippen LogP contribution in [0.25, 0.3) is 0 Å². The minimum Gasteiger partial charge on any atom is -0.493 e. The Morgan fingerprint density at radius 1 is 0.962 bits per heavy atom. The molecule has 136 valence electrons. The summed E-state index contributed by atoms with van der Waals surface area (Å²) in [5, 5.41) is 3.06. The van der Waals surface area contributed by atoms with Gasteiger partial charge in [-0.2, -0.15) is 0 Å². The first-order valence-corrected chi connectivity index (χ1v) is 9.16. The first kappa shape index (κ1) is 16.8. The monoisotopic (exact) mass is 353 g/mol. The van der Waals surface area contributed by atoms with Crippen LogP contribution in [0.1, 0.15) is 24.0 Å². The number of carbonyl (C=O) groups excluding carboxylic acids is 1. The third kappa shape index (κ3) is 3.77. The maximum absolute atomic E-state index is 12.7. The Hall–Kier alpha value is -2.69. The number of carbonyl (C=O) groups is 1. The molecule has 1 atom stereocenters. The Kier molecular flexibility index (Phi) is 4.95. The van der Waals surface area contributed by atoms with Gasteiger partial charge in [-0.1, -0.05) is 24.3 Å². The highest BCUT2D eigenvalue weighted by Gasteiger charge is 2.23. The van der Waals surface area contributed by atoms with Gasteiger partial charge in [-0.15, -0.1) is 0 Å². The van der Waals surface area contributed by atoms with Crippen LogP contribution >= 0.6 is 0 Å². The average Bonchev–Trinajstić information content (AvgIpc) is 3.03. The van der Waals surface area contributed by atoms with E-state index >= 15 is 0 Å². The zero-order valence-corrected chi connectivity index (χ0v) is 14.7. The van der Waals surface area contributed by atoms with Crippen LogP contribution in [-0.4, -0.2) is 25.7 Å². The molecule has 4 rings (SSSR count). The van der Waals surface area contributed by atoms with Crippen molar-refractivity contribution in [3.05, 3.63) is 53.6 Å². The Bertz CT molecular complexity index is 789. The molecular weight excluding hydrogens is 330 g/mol. The third-order valence-electron chi connectivity index (χ3n) is 4.81. The fourth-order valence-electron chi connectivity index (χ4n) is 3.37. The number of benzene rings is 2. The van der Waals surface area contributed by atoms with Gasteiger partial charge in [0.25, 0.3) is 0 Å². The summed E-state index contributed by atoms with van der Waals surface area (Å²) in [4.78, 5) is 12.7. The van der Waals surface area contributed by atoms with E-state index in [0.717, 1.165) is 41.2 Å². The summed E-state index contributed by atoms with van der Waals surface area (Å²) in [6, 6.07) is 13.8. The largest absolute Gasteiger partial charge is 0.493 e. The molecule has 0 saturated heterocycles. The van der Waals surface area contributed by atoms with Gasteiger partial charge in [-0.05, 0) is 42.2 Å². The lowest BCUT2D eigenvalue weighted by molar-refractivity contribution is -0.125. The van der Waals surface area contributed by atoms with Crippen molar-refractivity contribution in [2.45, 2.75) is 25.8 Å². The Morgan fingerprint density at radius 3 is 2.69 bits per heavy atom. The van der Waals surface area contributed by atoms with E-state index in [9.17, 15) is 4.79 Å². The summed E-state index contributed by atoms with van der Waals surface area (Å²) in [5.41, 5.74) is 2.11. The third-order valence-corrected chi connectivity index (χ3v) is 4.81. The van der Waals surface area contributed by atoms with Crippen LogP contribution in [0.15, 0.2) is 42.5 Å². The SMILES string of the molecule is O=C(NCc1ccc2c(c1)OCCCO2)[C@H]1CCOc2ccccc2C1. The van der Waals surface area contributed by atoms with Gasteiger partial charge in [-0.25, -0.2) is 0 Å². The molecule has 0 bridgehead atoms. The average molecular weight is 353 g/mol. The molecule has 0 fully saturated rings. The van der Waals surface area contributed by atoms with Gasteiger partial charge in [0, 0.05) is 18.9 Å². The summed E-state index contributed by atoms with van der Waals surface area (Å²) in [6.07, 6.45) is 2.32. The van der Waals surface area contributed by atoms with E-state index < -0.39 is 0 Å². The van der Waals surface area contributed by atoms with Crippen molar-refractivity contribution < 1.29 is 19.0 Å². The zero-order chi connectivity index (χ0) is 17.8. The predicted octanol–water partition coefficient (Wildman–Crippen LogP) is 3.11. The number of fused-ring (bicyclic) bond motifs is 2. The number of para-hydroxylation sites is 1. The minimum absolute atomic E-state index is 0.0671. The second kappa shape index (κ2) is 7.68. The highest BCUT2D eigenvalue weighted by Crippen LogP contribution is 2.30. The fourth-order valence-corrected chi connectivity index (χ4v) is 3.37. The van der Waals surface area contributed by atoms with Crippen molar-refractivity contribution in [1.82, 2.24) is 5.32 Å². The molecule has 2 aliphatic rings. The highest BCUT2D eigenvalue weighted by atomic mass is 16.5. The predicted molar refractivity (Wildman–Crippen MR) is 97.6 cm³/mol. The van der Waals surface area contributed by atoms with Crippen LogP contribution < -0.4 is 19.5 Å². The topological polar surface area (TPSA) is 56.8 Å². The maximum atomic E-state index is 12.7. The van der Waals surface area contributed by atoms with Crippen LogP contribution in [0.2, 0.25) is 0 Å². The molecule has 1 amide bonds. The van der Waals surface area contributed by atoms with Gasteiger partial charge in [0.1, 0.15) is 5.75 Å². The number of hydrogen-bond donors (Lipinski definition) is 1. The molecule has 2 aromatic rings. The Balaban J connectivity index is 1.39. The van der Waals surface area contributed by atoms with Crippen molar-refractivity contribution in [3.63, 3.8) is 0 Å². The molecule has 0 unspecified atom stereocenters. The molecule has 2 heterocycles. The minimum atomic E-state index is -0.0703. The van der Waals surface area contributed by atoms with E-state index in [4.69, 9.17) is 14.2 Å².